The van der Waals surface area contributed by atoms with Crippen molar-refractivity contribution in [2.45, 2.75) is 0 Å². The SMILES string of the molecule is COC(=O)c1ccc(NC(=O)C2=Cc3ccccc3OC2)cc1O. The Morgan fingerprint density at radius 2 is 2.00 bits per heavy atom. The largest absolute Gasteiger partial charge is 0.507 e. The minimum atomic E-state index is -0.648. The molecule has 2 aromatic carbocycles. The molecule has 0 saturated heterocycles. The molecular formula is C18H15NO5. The molecule has 0 atom stereocenters. The summed E-state index contributed by atoms with van der Waals surface area (Å²) in [6.07, 6.45) is 1.76. The van der Waals surface area contributed by atoms with Gasteiger partial charge in [-0.1, -0.05) is 18.2 Å². The Morgan fingerprint density at radius 3 is 2.75 bits per heavy atom. The molecular weight excluding hydrogens is 310 g/mol. The smallest absolute Gasteiger partial charge is 0.341 e. The molecule has 0 spiro atoms. The minimum Gasteiger partial charge on any atom is -0.507 e. The third-order valence-electron chi connectivity index (χ3n) is 3.58. The number of hydrogen-bond acceptors (Lipinski definition) is 5. The van der Waals surface area contributed by atoms with Gasteiger partial charge in [0.25, 0.3) is 5.91 Å². The Kier molecular flexibility index (Phi) is 4.20. The van der Waals surface area contributed by atoms with Crippen molar-refractivity contribution < 1.29 is 24.2 Å². The van der Waals surface area contributed by atoms with Crippen LogP contribution in [0, 0.1) is 0 Å². The molecule has 1 aliphatic heterocycles. The van der Waals surface area contributed by atoms with Crippen LogP contribution in [0.25, 0.3) is 6.08 Å². The monoisotopic (exact) mass is 325 g/mol. The van der Waals surface area contributed by atoms with Crippen molar-refractivity contribution in [3.8, 4) is 11.5 Å². The fourth-order valence-corrected chi connectivity index (χ4v) is 2.35. The second kappa shape index (κ2) is 6.45. The number of anilines is 1. The number of carbonyl (C=O) groups is 2. The van der Waals surface area contributed by atoms with Crippen LogP contribution in [0.2, 0.25) is 0 Å². The third kappa shape index (κ3) is 3.08. The summed E-state index contributed by atoms with van der Waals surface area (Å²) in [7, 11) is 1.23. The lowest BCUT2D eigenvalue weighted by molar-refractivity contribution is -0.113. The number of amides is 1. The van der Waals surface area contributed by atoms with Crippen molar-refractivity contribution in [2.24, 2.45) is 0 Å². The maximum atomic E-state index is 12.3. The maximum absolute atomic E-state index is 12.3. The number of fused-ring (bicyclic) bond motifs is 1. The van der Waals surface area contributed by atoms with Crippen LogP contribution in [0.3, 0.4) is 0 Å². The minimum absolute atomic E-state index is 0.0321. The number of carbonyl (C=O) groups excluding carboxylic acids is 2. The fourth-order valence-electron chi connectivity index (χ4n) is 2.35. The van der Waals surface area contributed by atoms with E-state index in [1.807, 2.05) is 24.3 Å². The lowest BCUT2D eigenvalue weighted by atomic mass is 10.1. The predicted octanol–water partition coefficient (Wildman–Crippen LogP) is 2.59. The zero-order chi connectivity index (χ0) is 17.1. The van der Waals surface area contributed by atoms with Crippen LogP contribution in [-0.2, 0) is 9.53 Å². The molecule has 1 aliphatic rings. The van der Waals surface area contributed by atoms with E-state index in [1.54, 1.807) is 6.08 Å². The van der Waals surface area contributed by atoms with Crippen LogP contribution >= 0.6 is 0 Å². The first-order valence-corrected chi connectivity index (χ1v) is 7.23. The van der Waals surface area contributed by atoms with Crippen molar-refractivity contribution in [1.29, 1.82) is 0 Å². The summed E-state index contributed by atoms with van der Waals surface area (Å²) in [5.74, 6) is -0.520. The van der Waals surface area contributed by atoms with E-state index in [2.05, 4.69) is 10.1 Å². The number of nitrogens with one attached hydrogen (secondary N) is 1. The van der Waals surface area contributed by atoms with Gasteiger partial charge in [0, 0.05) is 17.3 Å². The van der Waals surface area contributed by atoms with Crippen molar-refractivity contribution in [2.75, 3.05) is 19.0 Å². The topological polar surface area (TPSA) is 84.9 Å². The average Bonchev–Trinajstić information content (AvgIpc) is 2.60. The molecule has 0 bridgehead atoms. The molecule has 0 fully saturated rings. The van der Waals surface area contributed by atoms with Gasteiger partial charge in [-0.15, -0.1) is 0 Å². The second-order valence-electron chi connectivity index (χ2n) is 5.17. The van der Waals surface area contributed by atoms with Crippen molar-refractivity contribution in [1.82, 2.24) is 0 Å². The number of aromatic hydroxyl groups is 1. The highest BCUT2D eigenvalue weighted by Gasteiger charge is 2.18. The summed E-state index contributed by atoms with van der Waals surface area (Å²) in [5, 5.41) is 12.5. The molecule has 24 heavy (non-hydrogen) atoms. The molecule has 2 aromatic rings. The van der Waals surface area contributed by atoms with E-state index in [0.29, 0.717) is 11.3 Å². The quantitative estimate of drug-likeness (QED) is 0.847. The summed E-state index contributed by atoms with van der Waals surface area (Å²) in [5.41, 5.74) is 1.69. The molecule has 2 N–H and O–H groups in total. The van der Waals surface area contributed by atoms with Crippen molar-refractivity contribution in [3.05, 3.63) is 59.2 Å². The Morgan fingerprint density at radius 1 is 1.21 bits per heavy atom. The van der Waals surface area contributed by atoms with Crippen LogP contribution in [0.5, 0.6) is 11.5 Å². The molecule has 122 valence electrons. The van der Waals surface area contributed by atoms with Gasteiger partial charge in [-0.05, 0) is 24.3 Å². The van der Waals surface area contributed by atoms with Crippen LogP contribution in [0.15, 0.2) is 48.0 Å². The van der Waals surface area contributed by atoms with E-state index >= 15 is 0 Å². The van der Waals surface area contributed by atoms with E-state index in [0.717, 1.165) is 11.3 Å². The first kappa shape index (κ1) is 15.6. The Labute approximate surface area is 138 Å². The number of ether oxygens (including phenoxy) is 2. The van der Waals surface area contributed by atoms with E-state index in [1.165, 1.54) is 25.3 Å². The van der Waals surface area contributed by atoms with Gasteiger partial charge in [-0.2, -0.15) is 0 Å². The van der Waals surface area contributed by atoms with Gasteiger partial charge in [0.05, 0.1) is 12.7 Å². The molecule has 0 aromatic heterocycles. The summed E-state index contributed by atoms with van der Waals surface area (Å²) >= 11 is 0. The van der Waals surface area contributed by atoms with Crippen molar-refractivity contribution in [3.63, 3.8) is 0 Å². The zero-order valence-electron chi connectivity index (χ0n) is 12.9. The summed E-state index contributed by atoms with van der Waals surface area (Å²) in [4.78, 5) is 23.8. The number of methoxy groups -OCH3 is 1. The normalized spacial score (nSPS) is 12.5. The summed E-state index contributed by atoms with van der Waals surface area (Å²) in [6.45, 7) is 0.162. The third-order valence-corrected chi connectivity index (χ3v) is 3.58. The van der Waals surface area contributed by atoms with Gasteiger partial charge in [0.1, 0.15) is 23.7 Å². The molecule has 0 radical (unpaired) electrons. The van der Waals surface area contributed by atoms with Crippen molar-refractivity contribution >= 4 is 23.6 Å². The molecule has 0 aliphatic carbocycles. The van der Waals surface area contributed by atoms with Gasteiger partial charge in [-0.25, -0.2) is 4.79 Å². The molecule has 0 unspecified atom stereocenters. The lowest BCUT2D eigenvalue weighted by Crippen LogP contribution is -2.21. The van der Waals surface area contributed by atoms with E-state index in [9.17, 15) is 14.7 Å². The molecule has 3 rings (SSSR count). The number of esters is 1. The second-order valence-corrected chi connectivity index (χ2v) is 5.17. The van der Waals surface area contributed by atoms with Gasteiger partial charge in [0.15, 0.2) is 0 Å². The number of phenols is 1. The first-order valence-electron chi connectivity index (χ1n) is 7.23. The number of para-hydroxylation sites is 1. The molecule has 1 amide bonds. The number of benzene rings is 2. The van der Waals surface area contributed by atoms with E-state index in [4.69, 9.17) is 4.74 Å². The van der Waals surface area contributed by atoms with E-state index in [-0.39, 0.29) is 23.8 Å². The van der Waals surface area contributed by atoms with Crippen LogP contribution < -0.4 is 10.1 Å². The van der Waals surface area contributed by atoms with Gasteiger partial charge in [0.2, 0.25) is 0 Å². The highest BCUT2D eigenvalue weighted by atomic mass is 16.5. The standard InChI is InChI=1S/C18H15NO5/c1-23-18(22)14-7-6-13(9-15(14)20)19-17(21)12-8-11-4-2-3-5-16(11)24-10-12/h2-9,20H,10H2,1H3,(H,19,21). The van der Waals surface area contributed by atoms with Crippen LogP contribution in [0.1, 0.15) is 15.9 Å². The van der Waals surface area contributed by atoms with Crippen LogP contribution in [-0.4, -0.2) is 30.7 Å². The van der Waals surface area contributed by atoms with Gasteiger partial charge in [-0.3, -0.25) is 4.79 Å². The van der Waals surface area contributed by atoms with Gasteiger partial charge < -0.3 is 19.9 Å². The maximum Gasteiger partial charge on any atom is 0.341 e. The molecule has 0 saturated carbocycles. The highest BCUT2D eigenvalue weighted by Crippen LogP contribution is 2.27. The fraction of sp³-hybridized carbons (Fsp3) is 0.111. The summed E-state index contributed by atoms with van der Waals surface area (Å²) in [6, 6.07) is 11.6. The Balaban J connectivity index is 1.77. The zero-order valence-corrected chi connectivity index (χ0v) is 12.9. The number of hydrogen-bond donors (Lipinski definition) is 2. The Hall–Kier alpha value is -3.28. The lowest BCUT2D eigenvalue weighted by Gasteiger charge is -2.17. The number of phenolic OH excluding ortho intramolecular Hbond substituents is 1. The first-order chi connectivity index (χ1) is 11.6. The molecule has 1 heterocycles. The van der Waals surface area contributed by atoms with Crippen LogP contribution in [0.4, 0.5) is 5.69 Å². The highest BCUT2D eigenvalue weighted by molar-refractivity contribution is 6.07. The van der Waals surface area contributed by atoms with E-state index < -0.39 is 5.97 Å². The predicted molar refractivity (Wildman–Crippen MR) is 88.0 cm³/mol. The Bertz CT molecular complexity index is 841. The average molecular weight is 325 g/mol. The van der Waals surface area contributed by atoms with Gasteiger partial charge >= 0.3 is 5.97 Å². The number of rotatable bonds is 3. The summed E-state index contributed by atoms with van der Waals surface area (Å²) < 4.78 is 10.1. The molecule has 6 heteroatoms. The molecule has 6 nitrogen and oxygen atoms in total.